The molecule has 8 rings (SSSR count). The quantitative estimate of drug-likeness (QED) is 0.0827. The minimum absolute atomic E-state index is 0.0514. The first-order chi connectivity index (χ1) is 33.2. The summed E-state index contributed by atoms with van der Waals surface area (Å²) in [7, 11) is -7.20. The van der Waals surface area contributed by atoms with E-state index in [1.165, 1.54) is 0 Å². The fraction of sp³-hybridized carbons (Fsp3) is 0.153. The predicted molar refractivity (Wildman–Crippen MR) is 272 cm³/mol. The van der Waals surface area contributed by atoms with Gasteiger partial charge < -0.3 is 9.47 Å². The van der Waals surface area contributed by atoms with E-state index in [0.717, 1.165) is 54.4 Å². The first-order valence-electron chi connectivity index (χ1n) is 22.9. The Morgan fingerprint density at radius 2 is 0.609 bits per heavy atom. The number of carbonyl (C=O) groups excluding carboxylic acids is 2. The molecule has 0 atom stereocenters. The summed E-state index contributed by atoms with van der Waals surface area (Å²) in [5, 5.41) is 0. The van der Waals surface area contributed by atoms with E-state index >= 15 is 0 Å². The van der Waals surface area contributed by atoms with Gasteiger partial charge in [0.05, 0.1) is 19.6 Å². The summed E-state index contributed by atoms with van der Waals surface area (Å²) in [6.07, 6.45) is 5.07. The largest absolute Gasteiger partial charge is 0.457 e. The van der Waals surface area contributed by atoms with Gasteiger partial charge in [0.1, 0.15) is 23.0 Å². The summed E-state index contributed by atoms with van der Waals surface area (Å²) in [6.45, 7) is 8.18. The molecular formula is C59H54O8S2. The van der Waals surface area contributed by atoms with E-state index in [1.54, 1.807) is 121 Å². The molecule has 0 aromatic heterocycles. The molecule has 0 heterocycles. The van der Waals surface area contributed by atoms with E-state index in [9.17, 15) is 26.4 Å². The van der Waals surface area contributed by atoms with Crippen molar-refractivity contribution in [2.24, 2.45) is 0 Å². The Kier molecular flexibility index (Phi) is 16.2. The van der Waals surface area contributed by atoms with Gasteiger partial charge in [0.15, 0.2) is 11.6 Å². The molecule has 0 bridgehead atoms. The second-order valence-electron chi connectivity index (χ2n) is 16.7. The summed E-state index contributed by atoms with van der Waals surface area (Å²) in [6, 6.07) is 55.6. The van der Waals surface area contributed by atoms with Gasteiger partial charge in [-0.05, 0) is 166 Å². The van der Waals surface area contributed by atoms with Crippen molar-refractivity contribution < 1.29 is 35.9 Å². The lowest BCUT2D eigenvalue weighted by atomic mass is 10.0. The highest BCUT2D eigenvalue weighted by Crippen LogP contribution is 2.29. The van der Waals surface area contributed by atoms with Gasteiger partial charge in [-0.1, -0.05) is 111 Å². The zero-order valence-corrected chi connectivity index (χ0v) is 40.7. The standard InChI is InChI=1S/C30H28O4S.C29H26O4S/c1-3-4-5-23-8-18-28(19-9-23)35(32,33)29-20-16-27(17-21-29)34-26-14-12-25(13-15-26)30(31)24-10-6-22(2)7-11-24;1-3-4-22-7-17-27(18-8-22)34(31,32)28-19-15-26(16-20-28)33-25-13-11-24(12-14-25)29(30)23-9-5-21(2)6-10-23/h6-21H,3-5H2,1-2H3;5-20H,3-4H2,1-2H3. The SMILES string of the molecule is CCCCc1ccc(S(=O)(=O)c2ccc(Oc3ccc(C(=O)c4ccc(C)cc4)cc3)cc2)cc1.CCCc1ccc(S(=O)(=O)c2ccc(Oc3ccc(C(=O)c4ccc(C)cc4)cc3)cc2)cc1. The Balaban J connectivity index is 0.000000204. The fourth-order valence-electron chi connectivity index (χ4n) is 7.35. The summed E-state index contributed by atoms with van der Waals surface area (Å²) in [5.74, 6) is 2.03. The topological polar surface area (TPSA) is 121 Å². The number of ketones is 2. The van der Waals surface area contributed by atoms with Gasteiger partial charge in [0, 0.05) is 22.3 Å². The van der Waals surface area contributed by atoms with Crippen LogP contribution in [0, 0.1) is 13.8 Å². The van der Waals surface area contributed by atoms with Crippen LogP contribution in [0.25, 0.3) is 0 Å². The number of carbonyl (C=O) groups is 2. The molecule has 0 saturated carbocycles. The summed E-state index contributed by atoms with van der Waals surface area (Å²) >= 11 is 0. The van der Waals surface area contributed by atoms with E-state index in [4.69, 9.17) is 9.47 Å². The highest BCUT2D eigenvalue weighted by Gasteiger charge is 2.19. The van der Waals surface area contributed by atoms with Crippen molar-refractivity contribution >= 4 is 31.2 Å². The maximum absolute atomic E-state index is 13.0. The van der Waals surface area contributed by atoms with Crippen LogP contribution in [-0.2, 0) is 32.5 Å². The maximum Gasteiger partial charge on any atom is 0.206 e. The normalized spacial score (nSPS) is 11.2. The van der Waals surface area contributed by atoms with Gasteiger partial charge in [0.2, 0.25) is 19.7 Å². The molecule has 350 valence electrons. The van der Waals surface area contributed by atoms with Crippen molar-refractivity contribution in [3.63, 3.8) is 0 Å². The Bertz CT molecular complexity index is 3200. The molecule has 0 spiro atoms. The van der Waals surface area contributed by atoms with Gasteiger partial charge in [0.25, 0.3) is 0 Å². The van der Waals surface area contributed by atoms with E-state index in [0.29, 0.717) is 45.3 Å². The molecule has 69 heavy (non-hydrogen) atoms. The zero-order valence-electron chi connectivity index (χ0n) is 39.1. The van der Waals surface area contributed by atoms with Gasteiger partial charge in [-0.2, -0.15) is 0 Å². The number of aryl methyl sites for hydroxylation is 4. The zero-order chi connectivity index (χ0) is 49.0. The molecule has 8 nitrogen and oxygen atoms in total. The molecule has 0 unspecified atom stereocenters. The molecule has 0 aliphatic carbocycles. The van der Waals surface area contributed by atoms with Gasteiger partial charge in [-0.15, -0.1) is 0 Å². The van der Waals surface area contributed by atoms with Crippen molar-refractivity contribution in [1.29, 1.82) is 0 Å². The van der Waals surface area contributed by atoms with Crippen LogP contribution in [0.2, 0.25) is 0 Å². The molecule has 0 amide bonds. The van der Waals surface area contributed by atoms with Crippen molar-refractivity contribution in [3.8, 4) is 23.0 Å². The number of rotatable bonds is 17. The van der Waals surface area contributed by atoms with Crippen molar-refractivity contribution in [2.45, 2.75) is 79.4 Å². The van der Waals surface area contributed by atoms with E-state index in [2.05, 4.69) is 13.8 Å². The van der Waals surface area contributed by atoms with Gasteiger partial charge in [-0.25, -0.2) is 16.8 Å². The van der Waals surface area contributed by atoms with E-state index in [1.807, 2.05) is 86.6 Å². The van der Waals surface area contributed by atoms with Crippen molar-refractivity contribution in [1.82, 2.24) is 0 Å². The number of sulfone groups is 2. The predicted octanol–water partition coefficient (Wildman–Crippen LogP) is 14.0. The number of benzene rings is 8. The van der Waals surface area contributed by atoms with E-state index < -0.39 is 19.7 Å². The number of ether oxygens (including phenoxy) is 2. The lowest BCUT2D eigenvalue weighted by Gasteiger charge is -2.09. The number of hydrogen-bond acceptors (Lipinski definition) is 8. The van der Waals surface area contributed by atoms with Crippen LogP contribution in [0.5, 0.6) is 23.0 Å². The third-order valence-electron chi connectivity index (χ3n) is 11.4. The Hall–Kier alpha value is -7.40. The minimum atomic E-state index is -3.60. The minimum Gasteiger partial charge on any atom is -0.457 e. The molecule has 0 fully saturated rings. The fourth-order valence-corrected chi connectivity index (χ4v) is 9.87. The number of unbranched alkanes of at least 4 members (excludes halogenated alkanes) is 1. The van der Waals surface area contributed by atoms with Crippen LogP contribution < -0.4 is 9.47 Å². The van der Waals surface area contributed by atoms with Gasteiger partial charge in [-0.3, -0.25) is 9.59 Å². The van der Waals surface area contributed by atoms with Crippen molar-refractivity contribution in [3.05, 3.63) is 239 Å². The second-order valence-corrected chi connectivity index (χ2v) is 20.6. The molecule has 8 aromatic carbocycles. The van der Waals surface area contributed by atoms with Crippen LogP contribution in [0.15, 0.2) is 214 Å². The molecule has 10 heteroatoms. The van der Waals surface area contributed by atoms with Gasteiger partial charge >= 0.3 is 0 Å². The Labute approximate surface area is 406 Å². The van der Waals surface area contributed by atoms with Crippen LogP contribution in [0.4, 0.5) is 0 Å². The van der Waals surface area contributed by atoms with E-state index in [-0.39, 0.29) is 31.1 Å². The summed E-state index contributed by atoms with van der Waals surface area (Å²) < 4.78 is 63.6. The average Bonchev–Trinajstić information content (AvgIpc) is 3.37. The average molecular weight is 955 g/mol. The highest BCUT2D eigenvalue weighted by molar-refractivity contribution is 7.91. The molecule has 0 radical (unpaired) electrons. The first-order valence-corrected chi connectivity index (χ1v) is 25.9. The highest BCUT2D eigenvalue weighted by atomic mass is 32.2. The molecule has 0 N–H and O–H groups in total. The maximum atomic E-state index is 13.0. The third-order valence-corrected chi connectivity index (χ3v) is 15.0. The number of hydrogen-bond donors (Lipinski definition) is 0. The summed E-state index contributed by atoms with van der Waals surface area (Å²) in [4.78, 5) is 26.2. The molecule has 0 aliphatic heterocycles. The monoisotopic (exact) mass is 954 g/mol. The lowest BCUT2D eigenvalue weighted by Crippen LogP contribution is -2.02. The smallest absolute Gasteiger partial charge is 0.206 e. The van der Waals surface area contributed by atoms with Crippen LogP contribution in [-0.4, -0.2) is 28.4 Å². The molecule has 0 aliphatic rings. The first kappa shape index (κ1) is 49.5. The lowest BCUT2D eigenvalue weighted by molar-refractivity contribution is 0.103. The molecular weight excluding hydrogens is 901 g/mol. The Morgan fingerprint density at radius 3 is 0.899 bits per heavy atom. The van der Waals surface area contributed by atoms with Crippen LogP contribution in [0.3, 0.4) is 0 Å². The molecule has 0 saturated heterocycles. The van der Waals surface area contributed by atoms with Crippen molar-refractivity contribution in [2.75, 3.05) is 0 Å². The summed E-state index contributed by atoms with van der Waals surface area (Å²) in [5.41, 5.74) is 6.88. The second kappa shape index (κ2) is 22.6. The third kappa shape index (κ3) is 12.8. The van der Waals surface area contributed by atoms with Crippen LogP contribution in [0.1, 0.15) is 87.2 Å². The molecule has 8 aromatic rings. The Morgan fingerprint density at radius 1 is 0.348 bits per heavy atom. The van der Waals surface area contributed by atoms with Crippen LogP contribution >= 0.6 is 0 Å².